The smallest absolute Gasteiger partial charge is 0.253 e. The van der Waals surface area contributed by atoms with Gasteiger partial charge in [-0.25, -0.2) is 9.37 Å². The first-order chi connectivity index (χ1) is 13.6. The Morgan fingerprint density at radius 1 is 1.21 bits per heavy atom. The summed E-state index contributed by atoms with van der Waals surface area (Å²) in [6.45, 7) is 2.78. The molecule has 1 fully saturated rings. The molecule has 0 spiro atoms. The number of aryl methyl sites for hydroxylation is 1. The van der Waals surface area contributed by atoms with Crippen LogP contribution in [0.25, 0.3) is 11.0 Å². The van der Waals surface area contributed by atoms with Crippen LogP contribution in [-0.2, 0) is 6.42 Å². The lowest BCUT2D eigenvalue weighted by atomic mass is 9.98. The molecule has 28 heavy (non-hydrogen) atoms. The molecule has 2 aliphatic heterocycles. The molecule has 0 aliphatic carbocycles. The zero-order valence-corrected chi connectivity index (χ0v) is 15.6. The Morgan fingerprint density at radius 2 is 2.11 bits per heavy atom. The highest BCUT2D eigenvalue weighted by Crippen LogP contribution is 2.39. The fourth-order valence-electron chi connectivity index (χ4n) is 4.29. The van der Waals surface area contributed by atoms with Crippen LogP contribution in [0.1, 0.15) is 53.8 Å². The van der Waals surface area contributed by atoms with E-state index in [-0.39, 0.29) is 23.8 Å². The second-order valence-corrected chi connectivity index (χ2v) is 7.62. The van der Waals surface area contributed by atoms with Gasteiger partial charge in [-0.2, -0.15) is 5.10 Å². The number of rotatable bonds is 0. The molecule has 3 aromatic heterocycles. The number of anilines is 1. The molecule has 5 rings (SSSR count). The summed E-state index contributed by atoms with van der Waals surface area (Å²) in [5, 5.41) is 11.3. The van der Waals surface area contributed by atoms with Crippen molar-refractivity contribution in [2.45, 2.75) is 44.7 Å². The van der Waals surface area contributed by atoms with Crippen LogP contribution in [0.15, 0.2) is 24.5 Å². The highest BCUT2D eigenvalue weighted by molar-refractivity contribution is 5.99. The molecular weight excluding hydrogens is 359 g/mol. The van der Waals surface area contributed by atoms with Crippen molar-refractivity contribution in [3.8, 4) is 0 Å². The molecule has 1 saturated heterocycles. The summed E-state index contributed by atoms with van der Waals surface area (Å²) in [4.78, 5) is 23.6. The number of nitrogens with zero attached hydrogens (tertiary/aromatic N) is 4. The minimum Gasteiger partial charge on any atom is -0.350 e. The van der Waals surface area contributed by atoms with Crippen molar-refractivity contribution in [2.24, 2.45) is 0 Å². The van der Waals surface area contributed by atoms with Crippen LogP contribution in [0.5, 0.6) is 0 Å². The number of aromatic amines is 1. The van der Waals surface area contributed by atoms with Crippen LogP contribution in [-0.4, -0.2) is 38.7 Å². The Kier molecular flexibility index (Phi) is 3.99. The van der Waals surface area contributed by atoms with E-state index in [1.54, 1.807) is 12.3 Å². The van der Waals surface area contributed by atoms with Crippen molar-refractivity contribution in [3.63, 3.8) is 0 Å². The Hall–Kier alpha value is -3.03. The molecule has 0 unspecified atom stereocenters. The molecule has 0 saturated carbocycles. The molecule has 2 bridgehead atoms. The maximum absolute atomic E-state index is 14.1. The second-order valence-electron chi connectivity index (χ2n) is 7.62. The van der Waals surface area contributed by atoms with Gasteiger partial charge in [-0.3, -0.25) is 14.9 Å². The van der Waals surface area contributed by atoms with Crippen molar-refractivity contribution >= 4 is 22.8 Å². The van der Waals surface area contributed by atoms with Gasteiger partial charge in [0.05, 0.1) is 23.2 Å². The van der Waals surface area contributed by atoms with E-state index in [0.717, 1.165) is 48.3 Å². The fraction of sp³-hybridized carbons (Fsp3) is 0.400. The predicted molar refractivity (Wildman–Crippen MR) is 103 cm³/mol. The summed E-state index contributed by atoms with van der Waals surface area (Å²) in [5.74, 6) is 0.271. The summed E-state index contributed by atoms with van der Waals surface area (Å²) in [7, 11) is 0. The summed E-state index contributed by atoms with van der Waals surface area (Å²) in [6.07, 6.45) is 6.14. The lowest BCUT2D eigenvalue weighted by Gasteiger charge is -2.26. The van der Waals surface area contributed by atoms with Gasteiger partial charge in [0.1, 0.15) is 5.82 Å². The summed E-state index contributed by atoms with van der Waals surface area (Å²) >= 11 is 0. The first-order valence-electron chi connectivity index (χ1n) is 9.66. The lowest BCUT2D eigenvalue weighted by Crippen LogP contribution is -2.33. The molecular formula is C20H21FN6O. The van der Waals surface area contributed by atoms with Crippen LogP contribution in [0.4, 0.5) is 10.2 Å². The average molecular weight is 380 g/mol. The van der Waals surface area contributed by atoms with E-state index < -0.39 is 0 Å². The SMILES string of the molecule is C[C@@H]1CCc2ncc(F)cc2[C@H]2CCCN2c2n[nH]c3ncc(cc23)C(=O)N1. The van der Waals surface area contributed by atoms with E-state index in [4.69, 9.17) is 0 Å². The standard InChI is InChI=1S/C20H21FN6O/c1-11-4-5-16-14(8-13(21)10-22-16)17-3-2-6-27(17)19-15-7-12(20(28)24-11)9-23-18(15)25-26-19/h7-11,17H,2-6H2,1H3,(H,24,28)(H,23,25,26)/t11-,17-/m1/s1. The minimum absolute atomic E-state index is 0.00748. The summed E-state index contributed by atoms with van der Waals surface area (Å²) in [6, 6.07) is 3.41. The van der Waals surface area contributed by atoms with Gasteiger partial charge < -0.3 is 10.2 Å². The number of hydrogen-bond donors (Lipinski definition) is 2. The second kappa shape index (κ2) is 6.54. The number of hydrogen-bond acceptors (Lipinski definition) is 5. The molecule has 2 atom stereocenters. The third-order valence-electron chi connectivity index (χ3n) is 5.70. The van der Waals surface area contributed by atoms with Gasteiger partial charge in [0.25, 0.3) is 5.91 Å². The Morgan fingerprint density at radius 3 is 3.00 bits per heavy atom. The summed E-state index contributed by atoms with van der Waals surface area (Å²) < 4.78 is 14.1. The van der Waals surface area contributed by atoms with E-state index >= 15 is 0 Å². The van der Waals surface area contributed by atoms with E-state index in [9.17, 15) is 9.18 Å². The number of halogens is 1. The predicted octanol–water partition coefficient (Wildman–Crippen LogP) is 2.90. The van der Waals surface area contributed by atoms with Crippen molar-refractivity contribution in [3.05, 3.63) is 47.2 Å². The van der Waals surface area contributed by atoms with E-state index in [2.05, 4.69) is 30.4 Å². The molecule has 7 nitrogen and oxygen atoms in total. The van der Waals surface area contributed by atoms with Gasteiger partial charge in [-0.05, 0) is 50.3 Å². The third-order valence-corrected chi connectivity index (χ3v) is 5.70. The first kappa shape index (κ1) is 17.1. The first-order valence-corrected chi connectivity index (χ1v) is 9.66. The number of aromatic nitrogens is 4. The maximum atomic E-state index is 14.1. The van der Waals surface area contributed by atoms with Gasteiger partial charge >= 0.3 is 0 Å². The molecule has 5 heterocycles. The van der Waals surface area contributed by atoms with Crippen LogP contribution in [0, 0.1) is 5.82 Å². The molecule has 3 aromatic rings. The Labute approximate surface area is 161 Å². The topological polar surface area (TPSA) is 86.8 Å². The van der Waals surface area contributed by atoms with Gasteiger partial charge in [-0.1, -0.05) is 0 Å². The van der Waals surface area contributed by atoms with Crippen LogP contribution in [0.2, 0.25) is 0 Å². The average Bonchev–Trinajstić information content (AvgIpc) is 3.32. The summed E-state index contributed by atoms with van der Waals surface area (Å²) in [5.41, 5.74) is 2.95. The van der Waals surface area contributed by atoms with E-state index in [1.807, 2.05) is 13.0 Å². The van der Waals surface area contributed by atoms with Gasteiger partial charge in [0, 0.05) is 24.5 Å². The number of carbonyl (C=O) groups is 1. The third kappa shape index (κ3) is 2.80. The van der Waals surface area contributed by atoms with Crippen LogP contribution < -0.4 is 10.2 Å². The van der Waals surface area contributed by atoms with Gasteiger partial charge in [-0.15, -0.1) is 0 Å². The Balaban J connectivity index is 1.70. The van der Waals surface area contributed by atoms with Gasteiger partial charge in [0.15, 0.2) is 11.5 Å². The number of pyridine rings is 2. The highest BCUT2D eigenvalue weighted by atomic mass is 19.1. The van der Waals surface area contributed by atoms with E-state index in [0.29, 0.717) is 17.6 Å². The number of H-pyrrole nitrogens is 1. The maximum Gasteiger partial charge on any atom is 0.253 e. The highest BCUT2D eigenvalue weighted by Gasteiger charge is 2.32. The molecule has 0 radical (unpaired) electrons. The molecule has 1 amide bonds. The molecule has 8 heteroatoms. The van der Waals surface area contributed by atoms with E-state index in [1.165, 1.54) is 6.20 Å². The zero-order valence-electron chi connectivity index (χ0n) is 15.6. The largest absolute Gasteiger partial charge is 0.350 e. The van der Waals surface area contributed by atoms with Crippen LogP contribution >= 0.6 is 0 Å². The van der Waals surface area contributed by atoms with Crippen molar-refractivity contribution in [2.75, 3.05) is 11.4 Å². The van der Waals surface area contributed by atoms with Crippen molar-refractivity contribution in [1.82, 2.24) is 25.5 Å². The zero-order chi connectivity index (χ0) is 19.3. The molecule has 2 N–H and O–H groups in total. The number of carbonyl (C=O) groups excluding carboxylic acids is 1. The fourth-order valence-corrected chi connectivity index (χ4v) is 4.29. The Bertz CT molecular complexity index is 1060. The lowest BCUT2D eigenvalue weighted by molar-refractivity contribution is 0.0938. The van der Waals surface area contributed by atoms with Crippen molar-refractivity contribution < 1.29 is 9.18 Å². The van der Waals surface area contributed by atoms with Gasteiger partial charge in [0.2, 0.25) is 0 Å². The molecule has 2 aliphatic rings. The van der Waals surface area contributed by atoms with Crippen LogP contribution in [0.3, 0.4) is 0 Å². The number of nitrogens with one attached hydrogen (secondary N) is 2. The number of amides is 1. The monoisotopic (exact) mass is 380 g/mol. The van der Waals surface area contributed by atoms with Crippen molar-refractivity contribution in [1.29, 1.82) is 0 Å². The molecule has 144 valence electrons. The normalized spacial score (nSPS) is 22.2. The minimum atomic E-state index is -0.327. The number of fused-ring (bicyclic) bond motifs is 5. The molecule has 0 aromatic carbocycles. The quantitative estimate of drug-likeness (QED) is 0.626.